The molecule has 1 heterocycles. The summed E-state index contributed by atoms with van der Waals surface area (Å²) in [6.45, 7) is 0.825. The van der Waals surface area contributed by atoms with Crippen LogP contribution in [0.3, 0.4) is 0 Å². The van der Waals surface area contributed by atoms with Crippen molar-refractivity contribution in [3.05, 3.63) is 24.0 Å². The number of carboxylic acids is 1. The molecule has 0 bridgehead atoms. The number of nitrogens with one attached hydrogen (secondary N) is 1. The van der Waals surface area contributed by atoms with Crippen LogP contribution in [-0.4, -0.2) is 47.5 Å². The summed E-state index contributed by atoms with van der Waals surface area (Å²) in [5, 5.41) is 21.2. The summed E-state index contributed by atoms with van der Waals surface area (Å²) in [5.74, 6) is -1.06. The molecule has 1 aromatic heterocycles. The second-order valence-corrected chi connectivity index (χ2v) is 3.56. The van der Waals surface area contributed by atoms with Crippen LogP contribution in [0, 0.1) is 0 Å². The molecule has 0 saturated heterocycles. The van der Waals surface area contributed by atoms with Gasteiger partial charge in [-0.05, 0) is 18.6 Å². The van der Waals surface area contributed by atoms with Gasteiger partial charge in [0.15, 0.2) is 0 Å². The van der Waals surface area contributed by atoms with E-state index in [-0.39, 0.29) is 5.69 Å². The van der Waals surface area contributed by atoms with E-state index in [9.17, 15) is 9.90 Å². The SMILES string of the molecule is COCC(O)CCNc1ccnc(C(=O)O)c1. The first-order valence-electron chi connectivity index (χ1n) is 5.23. The van der Waals surface area contributed by atoms with E-state index in [2.05, 4.69) is 10.3 Å². The number of aromatic carboxylic acids is 1. The van der Waals surface area contributed by atoms with Gasteiger partial charge in [-0.1, -0.05) is 0 Å². The number of hydrogen-bond acceptors (Lipinski definition) is 5. The molecule has 6 heteroatoms. The highest BCUT2D eigenvalue weighted by atomic mass is 16.5. The third kappa shape index (κ3) is 4.80. The zero-order valence-corrected chi connectivity index (χ0v) is 9.59. The van der Waals surface area contributed by atoms with Crippen molar-refractivity contribution in [2.24, 2.45) is 0 Å². The summed E-state index contributed by atoms with van der Waals surface area (Å²) in [5.41, 5.74) is 0.662. The maximum absolute atomic E-state index is 10.7. The summed E-state index contributed by atoms with van der Waals surface area (Å²) in [7, 11) is 1.53. The molecule has 6 nitrogen and oxygen atoms in total. The number of carbonyl (C=O) groups is 1. The number of ether oxygens (including phenoxy) is 1. The van der Waals surface area contributed by atoms with Crippen molar-refractivity contribution < 1.29 is 19.7 Å². The van der Waals surface area contributed by atoms with Crippen LogP contribution < -0.4 is 5.32 Å². The van der Waals surface area contributed by atoms with Crippen LogP contribution in [-0.2, 0) is 4.74 Å². The predicted molar refractivity (Wildman–Crippen MR) is 62.2 cm³/mol. The maximum atomic E-state index is 10.7. The number of methoxy groups -OCH3 is 1. The van der Waals surface area contributed by atoms with Gasteiger partial charge in [0.25, 0.3) is 0 Å². The van der Waals surface area contributed by atoms with Crippen LogP contribution in [0.2, 0.25) is 0 Å². The summed E-state index contributed by atoms with van der Waals surface area (Å²) >= 11 is 0. The molecule has 17 heavy (non-hydrogen) atoms. The average molecular weight is 240 g/mol. The van der Waals surface area contributed by atoms with Crippen molar-refractivity contribution in [1.29, 1.82) is 0 Å². The van der Waals surface area contributed by atoms with Gasteiger partial charge in [0.05, 0.1) is 12.7 Å². The Kier molecular flexibility index (Phi) is 5.38. The third-order valence-corrected chi connectivity index (χ3v) is 2.14. The zero-order chi connectivity index (χ0) is 12.7. The van der Waals surface area contributed by atoms with Crippen molar-refractivity contribution in [3.63, 3.8) is 0 Å². The molecule has 0 aliphatic carbocycles. The van der Waals surface area contributed by atoms with E-state index in [0.717, 1.165) is 0 Å². The zero-order valence-electron chi connectivity index (χ0n) is 9.59. The molecule has 0 fully saturated rings. The maximum Gasteiger partial charge on any atom is 0.354 e. The molecular formula is C11H16N2O4. The minimum absolute atomic E-state index is 0.00700. The number of rotatable bonds is 7. The monoisotopic (exact) mass is 240 g/mol. The molecule has 0 aliphatic rings. The van der Waals surface area contributed by atoms with Crippen LogP contribution in [0.15, 0.2) is 18.3 Å². The van der Waals surface area contributed by atoms with Crippen molar-refractivity contribution in [2.75, 3.05) is 25.6 Å². The Balaban J connectivity index is 2.41. The van der Waals surface area contributed by atoms with Crippen LogP contribution in [0.1, 0.15) is 16.9 Å². The summed E-state index contributed by atoms with van der Waals surface area (Å²) in [6, 6.07) is 3.13. The lowest BCUT2D eigenvalue weighted by atomic mass is 10.2. The molecule has 0 radical (unpaired) electrons. The van der Waals surface area contributed by atoms with E-state index >= 15 is 0 Å². The van der Waals surface area contributed by atoms with E-state index < -0.39 is 12.1 Å². The molecule has 0 aliphatic heterocycles. The van der Waals surface area contributed by atoms with Gasteiger partial charge in [-0.3, -0.25) is 0 Å². The second-order valence-electron chi connectivity index (χ2n) is 3.56. The van der Waals surface area contributed by atoms with Crippen molar-refractivity contribution in [2.45, 2.75) is 12.5 Å². The minimum Gasteiger partial charge on any atom is -0.477 e. The van der Waals surface area contributed by atoms with Crippen LogP contribution in [0.5, 0.6) is 0 Å². The lowest BCUT2D eigenvalue weighted by molar-refractivity contribution is 0.0615. The number of hydrogen-bond donors (Lipinski definition) is 3. The Hall–Kier alpha value is -1.66. The average Bonchev–Trinajstić information content (AvgIpc) is 2.30. The van der Waals surface area contributed by atoms with Crippen molar-refractivity contribution in [1.82, 2.24) is 4.98 Å². The first-order chi connectivity index (χ1) is 8.13. The van der Waals surface area contributed by atoms with Gasteiger partial charge >= 0.3 is 5.97 Å². The highest BCUT2D eigenvalue weighted by molar-refractivity contribution is 5.86. The smallest absolute Gasteiger partial charge is 0.354 e. The molecule has 0 aromatic carbocycles. The molecule has 0 amide bonds. The first kappa shape index (κ1) is 13.4. The number of anilines is 1. The van der Waals surface area contributed by atoms with Gasteiger partial charge in [0, 0.05) is 25.5 Å². The quantitative estimate of drug-likeness (QED) is 0.646. The Labute approximate surface area is 99.3 Å². The first-order valence-corrected chi connectivity index (χ1v) is 5.23. The Morgan fingerprint density at radius 1 is 1.65 bits per heavy atom. The number of aliphatic hydroxyl groups excluding tert-OH is 1. The summed E-state index contributed by atoms with van der Waals surface area (Å²) < 4.78 is 4.79. The Morgan fingerprint density at radius 3 is 3.06 bits per heavy atom. The molecule has 1 rings (SSSR count). The van der Waals surface area contributed by atoms with Gasteiger partial charge in [0.1, 0.15) is 5.69 Å². The van der Waals surface area contributed by atoms with Crippen molar-refractivity contribution in [3.8, 4) is 0 Å². The third-order valence-electron chi connectivity index (χ3n) is 2.14. The molecule has 1 atom stereocenters. The van der Waals surface area contributed by atoms with Crippen LogP contribution in [0.25, 0.3) is 0 Å². The minimum atomic E-state index is -1.06. The number of aliphatic hydroxyl groups is 1. The normalized spacial score (nSPS) is 12.1. The lowest BCUT2D eigenvalue weighted by Gasteiger charge is -2.10. The van der Waals surface area contributed by atoms with Crippen molar-refractivity contribution >= 4 is 11.7 Å². The molecule has 0 spiro atoms. The Morgan fingerprint density at radius 2 is 2.41 bits per heavy atom. The highest BCUT2D eigenvalue weighted by Crippen LogP contribution is 2.08. The summed E-state index contributed by atoms with van der Waals surface area (Å²) in [6.07, 6.45) is 1.43. The van der Waals surface area contributed by atoms with Gasteiger partial charge in [-0.15, -0.1) is 0 Å². The van der Waals surface area contributed by atoms with Gasteiger partial charge in [0.2, 0.25) is 0 Å². The second kappa shape index (κ2) is 6.82. The van der Waals surface area contributed by atoms with Crippen LogP contribution in [0.4, 0.5) is 5.69 Å². The van der Waals surface area contributed by atoms with E-state index in [1.54, 1.807) is 6.07 Å². The molecule has 1 unspecified atom stereocenters. The topological polar surface area (TPSA) is 91.7 Å². The number of carboxylic acid groups (broad SMARTS) is 1. The number of aromatic nitrogens is 1. The molecule has 3 N–H and O–H groups in total. The standard InChI is InChI=1S/C11H16N2O4/c1-17-7-9(14)3-5-12-8-2-4-13-10(6-8)11(15)16/h2,4,6,9,14H,3,5,7H2,1H3,(H,12,13)(H,15,16). The molecule has 0 saturated carbocycles. The fraction of sp³-hybridized carbons (Fsp3) is 0.455. The van der Waals surface area contributed by atoms with E-state index in [1.807, 2.05) is 0 Å². The summed E-state index contributed by atoms with van der Waals surface area (Å²) in [4.78, 5) is 14.4. The number of nitrogens with zero attached hydrogens (tertiary/aromatic N) is 1. The van der Waals surface area contributed by atoms with E-state index in [0.29, 0.717) is 25.3 Å². The molecule has 94 valence electrons. The largest absolute Gasteiger partial charge is 0.477 e. The fourth-order valence-electron chi connectivity index (χ4n) is 1.32. The van der Waals surface area contributed by atoms with Crippen LogP contribution >= 0.6 is 0 Å². The van der Waals surface area contributed by atoms with Gasteiger partial charge in [-0.2, -0.15) is 0 Å². The Bertz CT molecular complexity index is 370. The fourth-order valence-corrected chi connectivity index (χ4v) is 1.32. The predicted octanol–water partition coefficient (Wildman–Crippen LogP) is 0.589. The van der Waals surface area contributed by atoms with E-state index in [4.69, 9.17) is 9.84 Å². The molecular weight excluding hydrogens is 224 g/mol. The van der Waals surface area contributed by atoms with Gasteiger partial charge in [-0.25, -0.2) is 9.78 Å². The lowest BCUT2D eigenvalue weighted by Crippen LogP contribution is -2.18. The molecule has 1 aromatic rings. The van der Waals surface area contributed by atoms with E-state index in [1.165, 1.54) is 19.4 Å². The highest BCUT2D eigenvalue weighted by Gasteiger charge is 2.06. The number of pyridine rings is 1. The van der Waals surface area contributed by atoms with Gasteiger partial charge < -0.3 is 20.3 Å².